The molecule has 0 spiro atoms. The number of nitrogens with one attached hydrogen (secondary N) is 1. The number of hydrogen-bond donors (Lipinski definition) is 3. The van der Waals surface area contributed by atoms with Gasteiger partial charge in [-0.1, -0.05) is 12.1 Å². The van der Waals surface area contributed by atoms with Crippen LogP contribution in [-0.4, -0.2) is 46.3 Å². The lowest BCUT2D eigenvalue weighted by Crippen LogP contribution is -2.34. The molecule has 114 valence electrons. The Morgan fingerprint density at radius 1 is 1.48 bits per heavy atom. The van der Waals surface area contributed by atoms with Crippen LogP contribution in [-0.2, 0) is 11.2 Å². The minimum Gasteiger partial charge on any atom is -0.481 e. The lowest BCUT2D eigenvalue weighted by molar-refractivity contribution is -0.136. The van der Waals surface area contributed by atoms with Crippen molar-refractivity contribution >= 4 is 17.7 Å². The van der Waals surface area contributed by atoms with E-state index in [0.717, 1.165) is 6.42 Å². The van der Waals surface area contributed by atoms with Gasteiger partial charge in [0.05, 0.1) is 12.5 Å². The summed E-state index contributed by atoms with van der Waals surface area (Å²) in [4.78, 5) is 24.5. The molecule has 1 aromatic carbocycles. The fraction of sp³-hybridized carbons (Fsp3) is 0.467. The van der Waals surface area contributed by atoms with E-state index in [2.05, 4.69) is 5.32 Å². The number of carboxylic acids is 1. The molecular formula is C15H20N2O4. The second-order valence-corrected chi connectivity index (χ2v) is 5.44. The minimum atomic E-state index is -0.905. The number of nitrogens with zero attached hydrogens (tertiary/aromatic N) is 1. The molecule has 6 heteroatoms. The lowest BCUT2D eigenvalue weighted by atomic mass is 10.0. The lowest BCUT2D eigenvalue weighted by Gasteiger charge is -2.18. The third-order valence-electron chi connectivity index (χ3n) is 3.73. The maximum absolute atomic E-state index is 12.1. The molecule has 0 radical (unpaired) electrons. The smallest absolute Gasteiger partial charge is 0.321 e. The zero-order valence-electron chi connectivity index (χ0n) is 12.0. The SMILES string of the molecule is CC(O)C1CCN(C(=O)Nc2cccc(CC(=O)O)c2)C1. The number of urea groups is 1. The number of aliphatic hydroxyl groups excluding tert-OH is 1. The zero-order valence-corrected chi connectivity index (χ0v) is 12.0. The first kappa shape index (κ1) is 15.3. The monoisotopic (exact) mass is 292 g/mol. The molecule has 1 aliphatic heterocycles. The average Bonchev–Trinajstić information content (AvgIpc) is 2.88. The van der Waals surface area contributed by atoms with Gasteiger partial charge in [0.1, 0.15) is 0 Å². The zero-order chi connectivity index (χ0) is 15.4. The van der Waals surface area contributed by atoms with E-state index in [9.17, 15) is 14.7 Å². The fourth-order valence-electron chi connectivity index (χ4n) is 2.50. The summed E-state index contributed by atoms with van der Waals surface area (Å²) in [6, 6.07) is 6.60. The maximum Gasteiger partial charge on any atom is 0.321 e. The summed E-state index contributed by atoms with van der Waals surface area (Å²) in [6.45, 7) is 2.90. The van der Waals surface area contributed by atoms with Gasteiger partial charge < -0.3 is 20.4 Å². The van der Waals surface area contributed by atoms with Gasteiger partial charge in [-0.05, 0) is 31.0 Å². The summed E-state index contributed by atoms with van der Waals surface area (Å²) >= 11 is 0. The van der Waals surface area contributed by atoms with Gasteiger partial charge in [-0.2, -0.15) is 0 Å². The van der Waals surface area contributed by atoms with Gasteiger partial charge in [0.25, 0.3) is 0 Å². The third-order valence-corrected chi connectivity index (χ3v) is 3.73. The molecular weight excluding hydrogens is 272 g/mol. The van der Waals surface area contributed by atoms with Crippen molar-refractivity contribution in [2.75, 3.05) is 18.4 Å². The summed E-state index contributed by atoms with van der Waals surface area (Å²) in [6.07, 6.45) is 0.309. The van der Waals surface area contributed by atoms with Crippen LogP contribution in [0.25, 0.3) is 0 Å². The van der Waals surface area contributed by atoms with Crippen molar-refractivity contribution in [3.05, 3.63) is 29.8 Å². The Kier molecular flexibility index (Phi) is 4.80. The van der Waals surface area contributed by atoms with Crippen LogP contribution in [0.15, 0.2) is 24.3 Å². The molecule has 0 saturated carbocycles. The van der Waals surface area contributed by atoms with Gasteiger partial charge in [-0.15, -0.1) is 0 Å². The van der Waals surface area contributed by atoms with Crippen LogP contribution in [0.5, 0.6) is 0 Å². The van der Waals surface area contributed by atoms with E-state index in [1.54, 1.807) is 36.1 Å². The van der Waals surface area contributed by atoms with E-state index in [1.807, 2.05) is 0 Å². The van der Waals surface area contributed by atoms with Crippen LogP contribution in [0.4, 0.5) is 10.5 Å². The molecule has 1 aliphatic rings. The molecule has 1 saturated heterocycles. The summed E-state index contributed by atoms with van der Waals surface area (Å²) in [5.74, 6) is -0.785. The number of rotatable bonds is 4. The van der Waals surface area contributed by atoms with Gasteiger partial charge in [0.2, 0.25) is 0 Å². The summed E-state index contributed by atoms with van der Waals surface area (Å²) in [5.41, 5.74) is 1.22. The summed E-state index contributed by atoms with van der Waals surface area (Å²) < 4.78 is 0. The molecule has 0 aliphatic carbocycles. The summed E-state index contributed by atoms with van der Waals surface area (Å²) in [7, 11) is 0. The number of benzene rings is 1. The predicted molar refractivity (Wildman–Crippen MR) is 78.2 cm³/mol. The summed E-state index contributed by atoms with van der Waals surface area (Å²) in [5, 5.41) is 21.1. The molecule has 2 atom stereocenters. The Hall–Kier alpha value is -2.08. The van der Waals surface area contributed by atoms with Crippen LogP contribution in [0, 0.1) is 5.92 Å². The number of aliphatic hydroxyl groups is 1. The highest BCUT2D eigenvalue weighted by Gasteiger charge is 2.29. The highest BCUT2D eigenvalue weighted by molar-refractivity contribution is 5.89. The van der Waals surface area contributed by atoms with Gasteiger partial charge in [-0.25, -0.2) is 4.79 Å². The molecule has 1 aromatic rings. The van der Waals surface area contributed by atoms with E-state index in [4.69, 9.17) is 5.11 Å². The quantitative estimate of drug-likeness (QED) is 0.785. The molecule has 1 heterocycles. The maximum atomic E-state index is 12.1. The first-order chi connectivity index (χ1) is 9.95. The van der Waals surface area contributed by atoms with E-state index in [0.29, 0.717) is 24.3 Å². The number of carbonyl (C=O) groups is 2. The highest BCUT2D eigenvalue weighted by Crippen LogP contribution is 2.21. The van der Waals surface area contributed by atoms with Gasteiger partial charge in [0, 0.05) is 24.7 Å². The van der Waals surface area contributed by atoms with Crippen molar-refractivity contribution in [3.63, 3.8) is 0 Å². The van der Waals surface area contributed by atoms with E-state index < -0.39 is 12.1 Å². The molecule has 2 rings (SSSR count). The number of hydrogen-bond acceptors (Lipinski definition) is 3. The molecule has 3 N–H and O–H groups in total. The minimum absolute atomic E-state index is 0.0719. The van der Waals surface area contributed by atoms with E-state index in [-0.39, 0.29) is 18.4 Å². The van der Waals surface area contributed by atoms with E-state index >= 15 is 0 Å². The van der Waals surface area contributed by atoms with Crippen molar-refractivity contribution in [2.24, 2.45) is 5.92 Å². The van der Waals surface area contributed by atoms with Crippen LogP contribution in [0.2, 0.25) is 0 Å². The molecule has 0 bridgehead atoms. The Morgan fingerprint density at radius 2 is 2.24 bits per heavy atom. The topological polar surface area (TPSA) is 89.9 Å². The van der Waals surface area contributed by atoms with Crippen LogP contribution in [0.1, 0.15) is 18.9 Å². The van der Waals surface area contributed by atoms with E-state index in [1.165, 1.54) is 0 Å². The number of aliphatic carboxylic acids is 1. The van der Waals surface area contributed by atoms with Crippen molar-refractivity contribution in [1.82, 2.24) is 4.90 Å². The number of amides is 2. The van der Waals surface area contributed by atoms with Crippen molar-refractivity contribution in [2.45, 2.75) is 25.9 Å². The second kappa shape index (κ2) is 6.58. The van der Waals surface area contributed by atoms with Crippen LogP contribution < -0.4 is 5.32 Å². The van der Waals surface area contributed by atoms with Crippen molar-refractivity contribution < 1.29 is 19.8 Å². The number of likely N-dealkylation sites (tertiary alicyclic amines) is 1. The van der Waals surface area contributed by atoms with Crippen LogP contribution in [0.3, 0.4) is 0 Å². The molecule has 21 heavy (non-hydrogen) atoms. The highest BCUT2D eigenvalue weighted by atomic mass is 16.4. The number of carboxylic acid groups (broad SMARTS) is 1. The van der Waals surface area contributed by atoms with Gasteiger partial charge in [0.15, 0.2) is 0 Å². The Balaban J connectivity index is 1.95. The molecule has 1 fully saturated rings. The van der Waals surface area contributed by atoms with Crippen molar-refractivity contribution in [1.29, 1.82) is 0 Å². The Morgan fingerprint density at radius 3 is 2.86 bits per heavy atom. The van der Waals surface area contributed by atoms with Crippen LogP contribution >= 0.6 is 0 Å². The fourth-order valence-corrected chi connectivity index (χ4v) is 2.50. The number of carbonyl (C=O) groups excluding carboxylic acids is 1. The van der Waals surface area contributed by atoms with Gasteiger partial charge in [-0.3, -0.25) is 4.79 Å². The normalized spacial score (nSPS) is 19.3. The molecule has 2 amide bonds. The largest absolute Gasteiger partial charge is 0.481 e. The first-order valence-corrected chi connectivity index (χ1v) is 7.00. The molecule has 0 aromatic heterocycles. The standard InChI is InChI=1S/C15H20N2O4/c1-10(18)12-5-6-17(9-12)15(21)16-13-4-2-3-11(7-13)8-14(19)20/h2-4,7,10,12,18H,5-6,8-9H2,1H3,(H,16,21)(H,19,20). The Labute approximate surface area is 123 Å². The first-order valence-electron chi connectivity index (χ1n) is 7.00. The molecule has 2 unspecified atom stereocenters. The molecule has 6 nitrogen and oxygen atoms in total. The average molecular weight is 292 g/mol. The third kappa shape index (κ3) is 4.19. The van der Waals surface area contributed by atoms with Gasteiger partial charge >= 0.3 is 12.0 Å². The van der Waals surface area contributed by atoms with Crippen molar-refractivity contribution in [3.8, 4) is 0 Å². The second-order valence-electron chi connectivity index (χ2n) is 5.44. The Bertz CT molecular complexity index is 530. The predicted octanol–water partition coefficient (Wildman–Crippen LogP) is 1.55. The number of anilines is 1.